The quantitative estimate of drug-likeness (QED) is 0.661. The second-order valence-corrected chi connectivity index (χ2v) is 5.34. The minimum absolute atomic E-state index is 0.0990. The number of aromatic nitrogens is 4. The topological polar surface area (TPSA) is 114 Å². The van der Waals surface area contributed by atoms with Crippen molar-refractivity contribution in [3.8, 4) is 28.8 Å². The molecule has 3 rings (SSSR count). The molecule has 0 saturated heterocycles. The highest BCUT2D eigenvalue weighted by Gasteiger charge is 2.12. The number of hydrogen-bond acceptors (Lipinski definition) is 7. The van der Waals surface area contributed by atoms with E-state index >= 15 is 0 Å². The third-order valence-electron chi connectivity index (χ3n) is 2.86. The van der Waals surface area contributed by atoms with Gasteiger partial charge in [0.25, 0.3) is 0 Å². The highest BCUT2D eigenvalue weighted by molar-refractivity contribution is 7.99. The number of carbonyl (C=O) groups is 1. The van der Waals surface area contributed by atoms with E-state index in [4.69, 9.17) is 14.3 Å². The summed E-state index contributed by atoms with van der Waals surface area (Å²) in [4.78, 5) is 18.8. The van der Waals surface area contributed by atoms with Crippen LogP contribution in [0.25, 0.3) is 22.9 Å². The van der Waals surface area contributed by atoms with Gasteiger partial charge in [-0.15, -0.1) is 5.10 Å². The van der Waals surface area contributed by atoms with Crippen molar-refractivity contribution in [2.75, 3.05) is 12.9 Å². The lowest BCUT2D eigenvalue weighted by Gasteiger charge is -1.99. The second kappa shape index (κ2) is 6.53. The molecule has 0 radical (unpaired) electrons. The van der Waals surface area contributed by atoms with Crippen LogP contribution >= 0.6 is 11.8 Å². The van der Waals surface area contributed by atoms with Gasteiger partial charge in [0.15, 0.2) is 11.6 Å². The molecule has 0 aliphatic rings. The third-order valence-corrected chi connectivity index (χ3v) is 3.69. The van der Waals surface area contributed by atoms with Crippen molar-refractivity contribution in [2.24, 2.45) is 0 Å². The second-order valence-electron chi connectivity index (χ2n) is 4.40. The number of furan rings is 1. The van der Waals surface area contributed by atoms with Crippen LogP contribution in [0, 0.1) is 0 Å². The number of nitrogens with zero attached hydrogens (tertiary/aromatic N) is 3. The Morgan fingerprint density at radius 1 is 1.35 bits per heavy atom. The fourth-order valence-corrected chi connectivity index (χ4v) is 2.33. The number of aliphatic carboxylic acids is 1. The number of thioether (sulfide) groups is 1. The van der Waals surface area contributed by atoms with E-state index in [9.17, 15) is 4.79 Å². The van der Waals surface area contributed by atoms with E-state index in [2.05, 4.69) is 20.2 Å². The monoisotopic (exact) mass is 332 g/mol. The van der Waals surface area contributed by atoms with E-state index in [-0.39, 0.29) is 5.75 Å². The summed E-state index contributed by atoms with van der Waals surface area (Å²) < 4.78 is 10.7. The summed E-state index contributed by atoms with van der Waals surface area (Å²) in [6.45, 7) is 0. The molecular formula is C14H12N4O4S. The van der Waals surface area contributed by atoms with Gasteiger partial charge in [-0.25, -0.2) is 4.98 Å². The maximum absolute atomic E-state index is 10.5. The predicted octanol–water partition coefficient (Wildman–Crippen LogP) is 2.31. The highest BCUT2D eigenvalue weighted by atomic mass is 32.2. The van der Waals surface area contributed by atoms with Crippen LogP contribution in [0.3, 0.4) is 0 Å². The zero-order valence-electron chi connectivity index (χ0n) is 12.0. The Bertz CT molecular complexity index is 812. The number of methoxy groups -OCH3 is 1. The first-order valence-corrected chi connectivity index (χ1v) is 7.52. The van der Waals surface area contributed by atoms with Crippen molar-refractivity contribution in [3.63, 3.8) is 0 Å². The van der Waals surface area contributed by atoms with Crippen LogP contribution in [0.4, 0.5) is 0 Å². The Hall–Kier alpha value is -2.81. The lowest BCUT2D eigenvalue weighted by molar-refractivity contribution is -0.133. The SMILES string of the molecule is COc1ccc(-c2ccc(-c3nc(SCC(=O)O)n[nH]3)o2)cn1. The zero-order chi connectivity index (χ0) is 16.2. The maximum Gasteiger partial charge on any atom is 0.313 e. The average Bonchev–Trinajstić information content (AvgIpc) is 3.22. The van der Waals surface area contributed by atoms with Gasteiger partial charge in [-0.05, 0) is 18.2 Å². The Morgan fingerprint density at radius 2 is 2.17 bits per heavy atom. The molecule has 0 aliphatic carbocycles. The van der Waals surface area contributed by atoms with Gasteiger partial charge in [0, 0.05) is 17.8 Å². The molecule has 0 spiro atoms. The van der Waals surface area contributed by atoms with Crippen LogP contribution in [-0.4, -0.2) is 44.1 Å². The van der Waals surface area contributed by atoms with Gasteiger partial charge >= 0.3 is 5.97 Å². The molecular weight excluding hydrogens is 320 g/mol. The Kier molecular flexibility index (Phi) is 4.29. The molecule has 0 fully saturated rings. The summed E-state index contributed by atoms with van der Waals surface area (Å²) in [6.07, 6.45) is 1.65. The average molecular weight is 332 g/mol. The van der Waals surface area contributed by atoms with Crippen molar-refractivity contribution in [1.29, 1.82) is 0 Å². The Labute approximate surface area is 134 Å². The molecule has 3 aromatic rings. The maximum atomic E-state index is 10.5. The summed E-state index contributed by atoms with van der Waals surface area (Å²) in [5.41, 5.74) is 0.803. The number of H-pyrrole nitrogens is 1. The molecule has 0 amide bonds. The largest absolute Gasteiger partial charge is 0.481 e. The van der Waals surface area contributed by atoms with Gasteiger partial charge in [0.05, 0.1) is 12.9 Å². The summed E-state index contributed by atoms with van der Waals surface area (Å²) in [5.74, 6) is 1.07. The molecule has 0 atom stereocenters. The molecule has 23 heavy (non-hydrogen) atoms. The zero-order valence-corrected chi connectivity index (χ0v) is 12.8. The van der Waals surface area contributed by atoms with Gasteiger partial charge in [-0.2, -0.15) is 4.98 Å². The number of ether oxygens (including phenoxy) is 1. The summed E-state index contributed by atoms with van der Waals surface area (Å²) in [5, 5.41) is 15.7. The standard InChI is InChI=1S/C14H12N4O4S/c1-21-11-5-2-8(6-15-11)9-3-4-10(22-9)13-16-14(18-17-13)23-7-12(19)20/h2-6H,7H2,1H3,(H,19,20)(H,16,17,18). The number of aromatic amines is 1. The minimum atomic E-state index is -0.923. The van der Waals surface area contributed by atoms with Crippen molar-refractivity contribution >= 4 is 17.7 Å². The van der Waals surface area contributed by atoms with Crippen LogP contribution in [-0.2, 0) is 4.79 Å². The molecule has 2 N–H and O–H groups in total. The predicted molar refractivity (Wildman–Crippen MR) is 82.2 cm³/mol. The highest BCUT2D eigenvalue weighted by Crippen LogP contribution is 2.27. The molecule has 8 nitrogen and oxygen atoms in total. The molecule has 0 saturated carbocycles. The van der Waals surface area contributed by atoms with Crippen LogP contribution in [0.2, 0.25) is 0 Å². The van der Waals surface area contributed by atoms with E-state index in [1.54, 1.807) is 31.5 Å². The van der Waals surface area contributed by atoms with Crippen LogP contribution in [0.1, 0.15) is 0 Å². The van der Waals surface area contributed by atoms with Crippen LogP contribution in [0.15, 0.2) is 40.0 Å². The Morgan fingerprint density at radius 3 is 2.87 bits per heavy atom. The molecule has 3 aromatic heterocycles. The molecule has 0 aromatic carbocycles. The first kappa shape index (κ1) is 15.1. The number of hydrogen-bond donors (Lipinski definition) is 2. The van der Waals surface area contributed by atoms with E-state index < -0.39 is 5.97 Å². The minimum Gasteiger partial charge on any atom is -0.481 e. The van der Waals surface area contributed by atoms with Gasteiger partial charge in [-0.1, -0.05) is 11.8 Å². The van der Waals surface area contributed by atoms with Crippen LogP contribution in [0.5, 0.6) is 5.88 Å². The number of carboxylic acids is 1. The number of carboxylic acid groups (broad SMARTS) is 1. The van der Waals surface area contributed by atoms with Crippen LogP contribution < -0.4 is 4.74 Å². The molecule has 118 valence electrons. The van der Waals surface area contributed by atoms with Gasteiger partial charge in [0.1, 0.15) is 5.76 Å². The first-order chi connectivity index (χ1) is 11.2. The molecule has 0 unspecified atom stereocenters. The number of nitrogens with one attached hydrogen (secondary N) is 1. The molecule has 9 heteroatoms. The van der Waals surface area contributed by atoms with Crippen molar-refractivity contribution in [1.82, 2.24) is 20.2 Å². The lowest BCUT2D eigenvalue weighted by atomic mass is 10.2. The fourth-order valence-electron chi connectivity index (χ4n) is 1.81. The van der Waals surface area contributed by atoms with Gasteiger partial charge < -0.3 is 14.3 Å². The molecule has 0 aliphatic heterocycles. The van der Waals surface area contributed by atoms with E-state index in [0.29, 0.717) is 28.4 Å². The smallest absolute Gasteiger partial charge is 0.313 e. The summed E-state index contributed by atoms with van der Waals surface area (Å²) in [6, 6.07) is 7.13. The third kappa shape index (κ3) is 3.51. The normalized spacial score (nSPS) is 10.7. The van der Waals surface area contributed by atoms with Crippen molar-refractivity contribution in [2.45, 2.75) is 5.16 Å². The Balaban J connectivity index is 1.77. The fraction of sp³-hybridized carbons (Fsp3) is 0.143. The summed E-state index contributed by atoms with van der Waals surface area (Å²) in [7, 11) is 1.55. The van der Waals surface area contributed by atoms with Gasteiger partial charge in [0.2, 0.25) is 11.0 Å². The number of rotatable bonds is 6. The molecule has 0 bridgehead atoms. The van der Waals surface area contributed by atoms with E-state index in [1.807, 2.05) is 6.07 Å². The van der Waals surface area contributed by atoms with Crippen molar-refractivity contribution < 1.29 is 19.1 Å². The summed E-state index contributed by atoms with van der Waals surface area (Å²) >= 11 is 1.03. The first-order valence-electron chi connectivity index (χ1n) is 6.53. The molecule has 3 heterocycles. The van der Waals surface area contributed by atoms with Gasteiger partial charge in [-0.3, -0.25) is 9.89 Å². The van der Waals surface area contributed by atoms with Crippen molar-refractivity contribution in [3.05, 3.63) is 30.5 Å². The van der Waals surface area contributed by atoms with E-state index in [0.717, 1.165) is 17.3 Å². The lowest BCUT2D eigenvalue weighted by Crippen LogP contribution is -1.97. The van der Waals surface area contributed by atoms with E-state index in [1.165, 1.54) is 0 Å². The number of pyridine rings is 1.